The average Bonchev–Trinajstić information content (AvgIpc) is 2.95. The Hall–Kier alpha value is -2.35. The van der Waals surface area contributed by atoms with E-state index < -0.39 is 5.09 Å². The molecule has 1 aliphatic heterocycles. The second kappa shape index (κ2) is 8.66. The van der Waals surface area contributed by atoms with Crippen molar-refractivity contribution in [3.05, 3.63) is 33.9 Å². The quantitative estimate of drug-likeness (QED) is 0.384. The van der Waals surface area contributed by atoms with Gasteiger partial charge in [-0.3, -0.25) is 4.79 Å². The van der Waals surface area contributed by atoms with Gasteiger partial charge in [-0.1, -0.05) is 0 Å². The molecule has 1 heterocycles. The summed E-state index contributed by atoms with van der Waals surface area (Å²) in [7, 11) is 3.86. The molecule has 0 saturated carbocycles. The van der Waals surface area contributed by atoms with Crippen molar-refractivity contribution in [2.45, 2.75) is 25.2 Å². The SMILES string of the molecule is [2H]COc1ccc2c(c1)C(CCN(C)C)CN2C(=O)CCCO[N+](=O)[O-]. The molecule has 8 nitrogen and oxygen atoms in total. The van der Waals surface area contributed by atoms with E-state index in [4.69, 9.17) is 6.11 Å². The van der Waals surface area contributed by atoms with Crippen molar-refractivity contribution in [3.63, 3.8) is 0 Å². The van der Waals surface area contributed by atoms with E-state index in [0.717, 1.165) is 24.2 Å². The van der Waals surface area contributed by atoms with Crippen molar-refractivity contribution in [3.8, 4) is 5.75 Å². The summed E-state index contributed by atoms with van der Waals surface area (Å²) in [6.07, 6.45) is 1.39. The monoisotopic (exact) mass is 352 g/mol. The van der Waals surface area contributed by atoms with Gasteiger partial charge in [0.15, 0.2) is 0 Å². The predicted octanol–water partition coefficient (Wildman–Crippen LogP) is 2.07. The molecule has 1 unspecified atom stereocenters. The molecule has 1 aromatic carbocycles. The number of fused-ring (bicyclic) bond motifs is 1. The van der Waals surface area contributed by atoms with Crippen molar-refractivity contribution in [2.75, 3.05) is 45.8 Å². The molecule has 1 aromatic rings. The van der Waals surface area contributed by atoms with Crippen LogP contribution in [0.15, 0.2) is 18.2 Å². The highest BCUT2D eigenvalue weighted by Gasteiger charge is 2.32. The molecule has 0 fully saturated rings. The number of benzene rings is 1. The summed E-state index contributed by atoms with van der Waals surface area (Å²) in [6, 6.07) is 5.52. The van der Waals surface area contributed by atoms with E-state index in [0.29, 0.717) is 18.7 Å². The Balaban J connectivity index is 2.09. The topological polar surface area (TPSA) is 85.2 Å². The fraction of sp³-hybridized carbons (Fsp3) is 0.588. The third kappa shape index (κ3) is 5.06. The van der Waals surface area contributed by atoms with Gasteiger partial charge in [0.2, 0.25) is 5.91 Å². The van der Waals surface area contributed by atoms with Crippen molar-refractivity contribution >= 4 is 11.6 Å². The van der Waals surface area contributed by atoms with Crippen LogP contribution < -0.4 is 9.64 Å². The fourth-order valence-corrected chi connectivity index (χ4v) is 3.01. The maximum Gasteiger partial charge on any atom is 0.294 e. The Morgan fingerprint density at radius 1 is 1.52 bits per heavy atom. The standard InChI is InChI=1S/C17H25N3O5/c1-18(2)9-8-13-12-19(17(21)5-4-10-25-20(22)23)16-7-6-14(24-3)11-15(13)16/h6-7,11,13H,4-5,8-10,12H2,1-3H3/i3D. The maximum atomic E-state index is 12.6. The summed E-state index contributed by atoms with van der Waals surface area (Å²) < 4.78 is 12.5. The van der Waals surface area contributed by atoms with Crippen LogP contribution in [0.4, 0.5) is 5.69 Å². The van der Waals surface area contributed by atoms with Gasteiger partial charge in [0.25, 0.3) is 5.09 Å². The van der Waals surface area contributed by atoms with Gasteiger partial charge in [-0.2, -0.15) is 0 Å². The van der Waals surface area contributed by atoms with Crippen molar-refractivity contribution < 1.29 is 20.8 Å². The lowest BCUT2D eigenvalue weighted by molar-refractivity contribution is -0.757. The van der Waals surface area contributed by atoms with Gasteiger partial charge in [0, 0.05) is 24.6 Å². The molecule has 138 valence electrons. The van der Waals surface area contributed by atoms with E-state index in [1.807, 2.05) is 26.2 Å². The van der Waals surface area contributed by atoms with Crippen molar-refractivity contribution in [1.82, 2.24) is 4.90 Å². The Labute approximate surface area is 148 Å². The van der Waals surface area contributed by atoms with E-state index in [9.17, 15) is 14.9 Å². The first-order chi connectivity index (χ1) is 12.4. The Bertz CT molecular complexity index is 641. The molecule has 0 spiro atoms. The molecule has 0 aliphatic carbocycles. The van der Waals surface area contributed by atoms with Gasteiger partial charge in [-0.05, 0) is 57.2 Å². The molecule has 1 aliphatic rings. The number of ether oxygens (including phenoxy) is 1. The molecule has 1 atom stereocenters. The number of rotatable bonds is 9. The second-order valence-corrected chi connectivity index (χ2v) is 6.32. The van der Waals surface area contributed by atoms with Gasteiger partial charge >= 0.3 is 0 Å². The van der Waals surface area contributed by atoms with Crippen LogP contribution in [0.3, 0.4) is 0 Å². The van der Waals surface area contributed by atoms with Gasteiger partial charge in [0.05, 0.1) is 15.1 Å². The minimum Gasteiger partial charge on any atom is -0.497 e. The summed E-state index contributed by atoms with van der Waals surface area (Å²) in [4.78, 5) is 30.9. The van der Waals surface area contributed by atoms with Crippen LogP contribution in [0.25, 0.3) is 0 Å². The van der Waals surface area contributed by atoms with Gasteiger partial charge < -0.3 is 19.4 Å². The van der Waals surface area contributed by atoms with Gasteiger partial charge in [0.1, 0.15) is 5.75 Å². The van der Waals surface area contributed by atoms with Crippen LogP contribution >= 0.6 is 0 Å². The number of carbonyl (C=O) groups excluding carboxylic acids is 1. The molecule has 2 rings (SSSR count). The smallest absolute Gasteiger partial charge is 0.294 e. The van der Waals surface area contributed by atoms with Crippen molar-refractivity contribution in [2.24, 2.45) is 0 Å². The van der Waals surface area contributed by atoms with Crippen molar-refractivity contribution in [1.29, 1.82) is 0 Å². The number of nitrogens with zero attached hydrogens (tertiary/aromatic N) is 3. The third-order valence-corrected chi connectivity index (χ3v) is 4.26. The highest BCUT2D eigenvalue weighted by Crippen LogP contribution is 2.40. The summed E-state index contributed by atoms with van der Waals surface area (Å²) in [5.41, 5.74) is 1.90. The van der Waals surface area contributed by atoms with Crippen LogP contribution in [0.1, 0.15) is 32.1 Å². The number of carbonyl (C=O) groups is 1. The molecule has 0 aromatic heterocycles. The average molecular weight is 352 g/mol. The first-order valence-electron chi connectivity index (χ1n) is 8.91. The van der Waals surface area contributed by atoms with E-state index in [-0.39, 0.29) is 31.9 Å². The van der Waals surface area contributed by atoms with Crippen LogP contribution in [0.2, 0.25) is 0 Å². The lowest BCUT2D eigenvalue weighted by Crippen LogP contribution is -2.30. The molecule has 8 heteroatoms. The minimum absolute atomic E-state index is 0.0697. The molecule has 0 saturated heterocycles. The fourth-order valence-electron chi connectivity index (χ4n) is 3.01. The number of anilines is 1. The van der Waals surface area contributed by atoms with Crippen LogP contribution in [0.5, 0.6) is 5.75 Å². The summed E-state index contributed by atoms with van der Waals surface area (Å²) in [6.45, 7) is 1.40. The van der Waals surface area contributed by atoms with E-state index >= 15 is 0 Å². The van der Waals surface area contributed by atoms with Gasteiger partial charge in [-0.25, -0.2) is 0 Å². The van der Waals surface area contributed by atoms with Crippen LogP contribution in [0, 0.1) is 10.1 Å². The lowest BCUT2D eigenvalue weighted by Gasteiger charge is -2.18. The molecule has 0 bridgehead atoms. The van der Waals surface area contributed by atoms with E-state index in [1.54, 1.807) is 11.0 Å². The lowest BCUT2D eigenvalue weighted by atomic mass is 9.97. The first-order valence-corrected chi connectivity index (χ1v) is 8.20. The molecule has 1 amide bonds. The Morgan fingerprint density at radius 3 is 3.00 bits per heavy atom. The zero-order chi connectivity index (χ0) is 19.1. The van der Waals surface area contributed by atoms with Gasteiger partial charge in [-0.15, -0.1) is 10.1 Å². The molecular formula is C17H25N3O5. The van der Waals surface area contributed by atoms with Crippen LogP contribution in [-0.2, 0) is 9.63 Å². The summed E-state index contributed by atoms with van der Waals surface area (Å²) in [5.74, 6) is 0.752. The Morgan fingerprint density at radius 2 is 2.32 bits per heavy atom. The van der Waals surface area contributed by atoms with Crippen LogP contribution in [-0.4, -0.2) is 56.8 Å². The normalized spacial score (nSPS) is 16.5. The Kier molecular flexibility index (Phi) is 6.05. The number of methoxy groups -OCH3 is 1. The first kappa shape index (κ1) is 17.5. The predicted molar refractivity (Wildman–Crippen MR) is 93.4 cm³/mol. The maximum absolute atomic E-state index is 12.6. The molecule has 25 heavy (non-hydrogen) atoms. The highest BCUT2D eigenvalue weighted by molar-refractivity contribution is 5.96. The second-order valence-electron chi connectivity index (χ2n) is 6.32. The largest absolute Gasteiger partial charge is 0.497 e. The third-order valence-electron chi connectivity index (χ3n) is 4.26. The number of hydrogen-bond acceptors (Lipinski definition) is 6. The summed E-state index contributed by atoms with van der Waals surface area (Å²) in [5, 5.41) is 9.33. The molecular weight excluding hydrogens is 326 g/mol. The molecule has 0 N–H and O–H groups in total. The van der Waals surface area contributed by atoms with E-state index in [2.05, 4.69) is 9.74 Å². The number of hydrogen-bond donors (Lipinski definition) is 0. The zero-order valence-corrected chi connectivity index (χ0v) is 14.6. The summed E-state index contributed by atoms with van der Waals surface area (Å²) >= 11 is 0. The minimum atomic E-state index is -0.846. The molecule has 0 radical (unpaired) electrons. The zero-order valence-electron chi connectivity index (χ0n) is 15.6. The number of amides is 1. The highest BCUT2D eigenvalue weighted by atomic mass is 16.9. The van der Waals surface area contributed by atoms with E-state index in [1.165, 1.54) is 0 Å².